The zero-order valence-corrected chi connectivity index (χ0v) is 26.6. The Morgan fingerprint density at radius 3 is 2.14 bits per heavy atom. The number of rotatable bonds is 21. The SMILES string of the molecule is CCCCCCCCCCCCCCOc1c(OCC(=O)Nc2ccccc2C[n+]2csc(C)c2)cccc1C(C)=O. The Morgan fingerprint density at radius 2 is 1.50 bits per heavy atom. The van der Waals surface area contributed by atoms with Crippen molar-refractivity contribution in [3.63, 3.8) is 0 Å². The van der Waals surface area contributed by atoms with E-state index >= 15 is 0 Å². The Bertz CT molecular complexity index is 1240. The summed E-state index contributed by atoms with van der Waals surface area (Å²) in [5, 5.41) is 2.98. The fourth-order valence-corrected chi connectivity index (χ4v) is 5.64. The maximum absolute atomic E-state index is 12.9. The summed E-state index contributed by atoms with van der Waals surface area (Å²) in [5.74, 6) is 0.471. The molecule has 0 atom stereocenters. The maximum atomic E-state index is 12.9. The normalized spacial score (nSPS) is 10.9. The van der Waals surface area contributed by atoms with Crippen LogP contribution in [0.3, 0.4) is 0 Å². The molecule has 0 aliphatic rings. The molecule has 2 aromatic carbocycles. The highest BCUT2D eigenvalue weighted by molar-refractivity contribution is 7.09. The minimum atomic E-state index is -0.269. The number of aryl methyl sites for hydroxylation is 1. The average Bonchev–Trinajstić information content (AvgIpc) is 3.39. The molecule has 0 unspecified atom stereocenters. The van der Waals surface area contributed by atoms with Gasteiger partial charge >= 0.3 is 0 Å². The third-order valence-electron chi connectivity index (χ3n) is 7.33. The van der Waals surface area contributed by atoms with E-state index in [4.69, 9.17) is 9.47 Å². The zero-order chi connectivity index (χ0) is 30.0. The first-order valence-electron chi connectivity index (χ1n) is 15.7. The van der Waals surface area contributed by atoms with E-state index in [2.05, 4.69) is 35.4 Å². The number of ketones is 1. The van der Waals surface area contributed by atoms with Gasteiger partial charge in [-0.2, -0.15) is 4.57 Å². The Morgan fingerprint density at radius 1 is 0.833 bits per heavy atom. The molecule has 0 aliphatic carbocycles. The van der Waals surface area contributed by atoms with Gasteiger partial charge in [0.05, 0.1) is 22.7 Å². The molecule has 1 heterocycles. The van der Waals surface area contributed by atoms with Gasteiger partial charge in [0, 0.05) is 5.56 Å². The number of hydrogen-bond donors (Lipinski definition) is 1. The van der Waals surface area contributed by atoms with Crippen LogP contribution in [0.25, 0.3) is 0 Å². The number of hydrogen-bond acceptors (Lipinski definition) is 5. The minimum absolute atomic E-state index is 0.0929. The van der Waals surface area contributed by atoms with Crippen molar-refractivity contribution < 1.29 is 23.6 Å². The number of unbranched alkanes of at least 4 members (excludes halogenated alkanes) is 11. The van der Waals surface area contributed by atoms with Crippen molar-refractivity contribution >= 4 is 28.7 Å². The maximum Gasteiger partial charge on any atom is 0.262 e. The van der Waals surface area contributed by atoms with Crippen molar-refractivity contribution in [1.82, 2.24) is 0 Å². The van der Waals surface area contributed by atoms with Crippen molar-refractivity contribution in [3.05, 3.63) is 70.2 Å². The molecule has 228 valence electrons. The third kappa shape index (κ3) is 12.0. The van der Waals surface area contributed by atoms with Crippen LogP contribution in [-0.4, -0.2) is 24.9 Å². The quantitative estimate of drug-likeness (QED) is 0.0762. The topological polar surface area (TPSA) is 68.5 Å². The number of nitrogens with zero attached hydrogens (tertiary/aromatic N) is 1. The number of ether oxygens (including phenoxy) is 2. The van der Waals surface area contributed by atoms with Crippen LogP contribution in [0, 0.1) is 6.92 Å². The second-order valence-electron chi connectivity index (χ2n) is 11.1. The fourth-order valence-electron chi connectivity index (χ4n) is 5.01. The molecular weight excluding hydrogens is 544 g/mol. The van der Waals surface area contributed by atoms with Gasteiger partial charge in [0.25, 0.3) is 5.91 Å². The molecule has 6 nitrogen and oxygen atoms in total. The number of nitrogens with one attached hydrogen (secondary N) is 1. The van der Waals surface area contributed by atoms with Crippen molar-refractivity contribution in [3.8, 4) is 11.5 Å². The van der Waals surface area contributed by atoms with Gasteiger partial charge in [0.2, 0.25) is 5.51 Å². The van der Waals surface area contributed by atoms with E-state index in [1.54, 1.807) is 29.5 Å². The first kappa shape index (κ1) is 33.3. The summed E-state index contributed by atoms with van der Waals surface area (Å²) in [7, 11) is 0. The third-order valence-corrected chi connectivity index (χ3v) is 8.18. The van der Waals surface area contributed by atoms with Crippen LogP contribution in [0.1, 0.15) is 112 Å². The Labute approximate surface area is 256 Å². The largest absolute Gasteiger partial charge is 0.489 e. The lowest BCUT2D eigenvalue weighted by atomic mass is 10.1. The number of carbonyl (C=O) groups is 2. The first-order chi connectivity index (χ1) is 20.5. The van der Waals surface area contributed by atoms with Crippen LogP contribution in [0.5, 0.6) is 11.5 Å². The standard InChI is InChI=1S/C35H48N2O4S/c1-4-5-6-7-8-9-10-11-12-13-14-17-23-40-35-31(29(3)38)20-18-22-33(35)41-26-34(39)36-32-21-16-15-19-30(32)25-37-24-28(2)42-27-37/h15-16,18-22,24,27H,4-14,17,23,25-26H2,1-3H3/p+1. The number of amides is 1. The Hall–Kier alpha value is -3.19. The van der Waals surface area contributed by atoms with Crippen LogP contribution in [-0.2, 0) is 11.3 Å². The number of anilines is 1. The molecule has 0 spiro atoms. The molecule has 42 heavy (non-hydrogen) atoms. The van der Waals surface area contributed by atoms with Crippen molar-refractivity contribution in [2.75, 3.05) is 18.5 Å². The summed E-state index contributed by atoms with van der Waals surface area (Å²) in [6, 6.07) is 13.0. The van der Waals surface area contributed by atoms with Gasteiger partial charge in [-0.15, -0.1) is 0 Å². The lowest BCUT2D eigenvalue weighted by Gasteiger charge is -2.16. The monoisotopic (exact) mass is 593 g/mol. The number of thiazole rings is 1. The lowest BCUT2D eigenvalue weighted by molar-refractivity contribution is -0.683. The van der Waals surface area contributed by atoms with E-state index in [9.17, 15) is 9.59 Å². The number of aromatic nitrogens is 1. The second kappa shape index (κ2) is 19.1. The predicted molar refractivity (Wildman–Crippen MR) is 172 cm³/mol. The average molecular weight is 594 g/mol. The van der Waals surface area contributed by atoms with E-state index in [0.717, 1.165) is 24.1 Å². The fraction of sp³-hybridized carbons (Fsp3) is 0.514. The van der Waals surface area contributed by atoms with Gasteiger partial charge in [0.1, 0.15) is 0 Å². The van der Waals surface area contributed by atoms with Gasteiger partial charge in [0.15, 0.2) is 36.6 Å². The van der Waals surface area contributed by atoms with E-state index in [-0.39, 0.29) is 18.3 Å². The number of Topliss-reactive ketones (excluding diaryl/α,β-unsaturated/α-hetero) is 1. The molecule has 1 aromatic heterocycles. The number of carbonyl (C=O) groups excluding carboxylic acids is 2. The van der Waals surface area contributed by atoms with Crippen LogP contribution in [0.15, 0.2) is 54.2 Å². The molecule has 1 amide bonds. The van der Waals surface area contributed by atoms with Crippen molar-refractivity contribution in [2.45, 2.75) is 104 Å². The summed E-state index contributed by atoms with van der Waals surface area (Å²) >= 11 is 1.69. The molecule has 0 saturated heterocycles. The molecule has 0 bridgehead atoms. The minimum Gasteiger partial charge on any atom is -0.489 e. The molecular formula is C35H49N2O4S+. The summed E-state index contributed by atoms with van der Waals surface area (Å²) in [6.07, 6.45) is 17.4. The van der Waals surface area contributed by atoms with Crippen molar-refractivity contribution in [1.29, 1.82) is 0 Å². The van der Waals surface area contributed by atoms with Gasteiger partial charge in [-0.3, -0.25) is 9.59 Å². The molecule has 0 radical (unpaired) electrons. The number of para-hydroxylation sites is 2. The molecule has 0 fully saturated rings. The van der Waals surface area contributed by atoms with Crippen LogP contribution >= 0.6 is 11.3 Å². The first-order valence-corrected chi connectivity index (χ1v) is 16.6. The molecule has 7 heteroatoms. The van der Waals surface area contributed by atoms with Gasteiger partial charge in [-0.1, -0.05) is 113 Å². The molecule has 0 aliphatic heterocycles. The Balaban J connectivity index is 1.44. The predicted octanol–water partition coefficient (Wildman–Crippen LogP) is 8.69. The van der Waals surface area contributed by atoms with Crippen LogP contribution in [0.2, 0.25) is 0 Å². The highest BCUT2D eigenvalue weighted by atomic mass is 32.1. The summed E-state index contributed by atoms with van der Waals surface area (Å²) in [4.78, 5) is 26.4. The van der Waals surface area contributed by atoms with Crippen molar-refractivity contribution in [2.24, 2.45) is 0 Å². The number of benzene rings is 2. The molecule has 1 N–H and O–H groups in total. The van der Waals surface area contributed by atoms with Crippen LogP contribution in [0.4, 0.5) is 5.69 Å². The smallest absolute Gasteiger partial charge is 0.262 e. The van der Waals surface area contributed by atoms with E-state index in [0.29, 0.717) is 30.2 Å². The zero-order valence-electron chi connectivity index (χ0n) is 25.8. The van der Waals surface area contributed by atoms with E-state index < -0.39 is 0 Å². The summed E-state index contributed by atoms with van der Waals surface area (Å²) < 4.78 is 14.1. The van der Waals surface area contributed by atoms with Crippen LogP contribution < -0.4 is 19.4 Å². The highest BCUT2D eigenvalue weighted by Crippen LogP contribution is 2.32. The van der Waals surface area contributed by atoms with Gasteiger partial charge < -0.3 is 14.8 Å². The molecule has 3 rings (SSSR count). The summed E-state index contributed by atoms with van der Waals surface area (Å²) in [6.45, 7) is 6.85. The van der Waals surface area contributed by atoms with Gasteiger partial charge in [-0.25, -0.2) is 0 Å². The lowest BCUT2D eigenvalue weighted by Crippen LogP contribution is -2.31. The van der Waals surface area contributed by atoms with Gasteiger partial charge in [-0.05, 0) is 38.5 Å². The van der Waals surface area contributed by atoms with E-state index in [1.165, 1.54) is 76.0 Å². The second-order valence-corrected chi connectivity index (χ2v) is 12.1. The Kier molecular flexibility index (Phi) is 15.1. The van der Waals surface area contributed by atoms with E-state index in [1.807, 2.05) is 24.3 Å². The highest BCUT2D eigenvalue weighted by Gasteiger charge is 2.17. The summed E-state index contributed by atoms with van der Waals surface area (Å²) in [5.41, 5.74) is 4.31. The molecule has 0 saturated carbocycles. The molecule has 3 aromatic rings.